The molecule has 2 aromatic carbocycles. The number of anilines is 1. The van der Waals surface area contributed by atoms with Gasteiger partial charge in [0.1, 0.15) is 6.04 Å². The highest BCUT2D eigenvalue weighted by Gasteiger charge is 2.31. The summed E-state index contributed by atoms with van der Waals surface area (Å²) < 4.78 is 0. The van der Waals surface area contributed by atoms with E-state index in [0.717, 1.165) is 23.4 Å². The van der Waals surface area contributed by atoms with Crippen molar-refractivity contribution in [3.8, 4) is 0 Å². The molecule has 0 bridgehead atoms. The van der Waals surface area contributed by atoms with E-state index in [4.69, 9.17) is 23.2 Å². The SMILES string of the molecule is CSCCC(NC(=O)c1ccc(Cl)cc1Cl)C(=O)N1CCc2ccccc21. The Labute approximate surface area is 173 Å². The smallest absolute Gasteiger partial charge is 0.253 e. The highest BCUT2D eigenvalue weighted by Crippen LogP contribution is 2.28. The number of para-hydroxylation sites is 1. The summed E-state index contributed by atoms with van der Waals surface area (Å²) in [4.78, 5) is 27.6. The lowest BCUT2D eigenvalue weighted by Crippen LogP contribution is -2.48. The number of benzene rings is 2. The molecule has 0 fully saturated rings. The van der Waals surface area contributed by atoms with Crippen LogP contribution in [0.2, 0.25) is 10.0 Å². The molecule has 7 heteroatoms. The minimum absolute atomic E-state index is 0.0903. The van der Waals surface area contributed by atoms with Gasteiger partial charge in [-0.05, 0) is 54.7 Å². The summed E-state index contributed by atoms with van der Waals surface area (Å²) in [7, 11) is 0. The number of nitrogens with one attached hydrogen (secondary N) is 1. The molecule has 1 unspecified atom stereocenters. The van der Waals surface area contributed by atoms with Gasteiger partial charge in [-0.3, -0.25) is 9.59 Å². The molecule has 0 aromatic heterocycles. The number of fused-ring (bicyclic) bond motifs is 1. The molecule has 4 nitrogen and oxygen atoms in total. The van der Waals surface area contributed by atoms with Gasteiger partial charge in [0.05, 0.1) is 10.6 Å². The number of amides is 2. The maximum absolute atomic E-state index is 13.2. The molecule has 0 spiro atoms. The molecular formula is C20H20Cl2N2O2S. The highest BCUT2D eigenvalue weighted by atomic mass is 35.5. The monoisotopic (exact) mass is 422 g/mol. The molecule has 0 saturated heterocycles. The molecule has 1 aliphatic heterocycles. The number of hydrogen-bond donors (Lipinski definition) is 1. The van der Waals surface area contributed by atoms with Crippen molar-refractivity contribution in [2.24, 2.45) is 0 Å². The summed E-state index contributed by atoms with van der Waals surface area (Å²) in [5.41, 5.74) is 2.39. The minimum Gasteiger partial charge on any atom is -0.340 e. The van der Waals surface area contributed by atoms with Gasteiger partial charge in [0, 0.05) is 17.3 Å². The van der Waals surface area contributed by atoms with Gasteiger partial charge < -0.3 is 10.2 Å². The van der Waals surface area contributed by atoms with Crippen LogP contribution in [-0.4, -0.2) is 36.4 Å². The van der Waals surface area contributed by atoms with Crippen molar-refractivity contribution in [1.82, 2.24) is 5.32 Å². The summed E-state index contributed by atoms with van der Waals surface area (Å²) in [5, 5.41) is 3.59. The van der Waals surface area contributed by atoms with Gasteiger partial charge in [0.15, 0.2) is 0 Å². The molecule has 0 aliphatic carbocycles. The van der Waals surface area contributed by atoms with Gasteiger partial charge >= 0.3 is 0 Å². The normalized spacial score (nSPS) is 14.0. The number of halogens is 2. The van der Waals surface area contributed by atoms with Crippen molar-refractivity contribution in [3.05, 3.63) is 63.6 Å². The van der Waals surface area contributed by atoms with Gasteiger partial charge in [0.2, 0.25) is 5.91 Å². The van der Waals surface area contributed by atoms with E-state index in [2.05, 4.69) is 5.32 Å². The van der Waals surface area contributed by atoms with Crippen molar-refractivity contribution in [2.75, 3.05) is 23.5 Å². The number of carbonyl (C=O) groups excluding carboxylic acids is 2. The zero-order chi connectivity index (χ0) is 19.4. The fourth-order valence-corrected chi connectivity index (χ4v) is 4.12. The Balaban J connectivity index is 1.79. The number of hydrogen-bond acceptors (Lipinski definition) is 3. The lowest BCUT2D eigenvalue weighted by atomic mass is 10.1. The molecule has 1 heterocycles. The van der Waals surface area contributed by atoms with Gasteiger partial charge in [-0.15, -0.1) is 0 Å². The molecule has 2 aromatic rings. The van der Waals surface area contributed by atoms with Gasteiger partial charge in [-0.1, -0.05) is 41.4 Å². The van der Waals surface area contributed by atoms with Crippen molar-refractivity contribution in [2.45, 2.75) is 18.9 Å². The van der Waals surface area contributed by atoms with Gasteiger partial charge in [-0.25, -0.2) is 0 Å². The molecule has 3 rings (SSSR count). The standard InChI is InChI=1S/C20H20Cl2N2O2S/c1-27-11-9-17(23-19(25)15-7-6-14(21)12-16(15)22)20(26)24-10-8-13-4-2-3-5-18(13)24/h2-7,12,17H,8-11H2,1H3,(H,23,25). The first-order chi connectivity index (χ1) is 13.0. The first kappa shape index (κ1) is 20.1. The van der Waals surface area contributed by atoms with E-state index in [1.165, 1.54) is 6.07 Å². The quantitative estimate of drug-likeness (QED) is 0.748. The first-order valence-electron chi connectivity index (χ1n) is 8.65. The summed E-state index contributed by atoms with van der Waals surface area (Å²) >= 11 is 13.7. The zero-order valence-corrected chi connectivity index (χ0v) is 17.2. The fraction of sp³-hybridized carbons (Fsp3) is 0.300. The summed E-state index contributed by atoms with van der Waals surface area (Å²) in [6.07, 6.45) is 3.36. The van der Waals surface area contributed by atoms with E-state index in [9.17, 15) is 9.59 Å². The molecule has 1 N–H and O–H groups in total. The van der Waals surface area contributed by atoms with Gasteiger partial charge in [0.25, 0.3) is 5.91 Å². The summed E-state index contributed by atoms with van der Waals surface area (Å²) in [5.74, 6) is 0.302. The third-order valence-electron chi connectivity index (χ3n) is 4.54. The lowest BCUT2D eigenvalue weighted by molar-refractivity contribution is -0.120. The summed E-state index contributed by atoms with van der Waals surface area (Å²) in [6, 6.07) is 12.0. The van der Waals surface area contributed by atoms with E-state index in [1.54, 1.807) is 28.8 Å². The largest absolute Gasteiger partial charge is 0.340 e. The van der Waals surface area contributed by atoms with Crippen LogP contribution in [0.3, 0.4) is 0 Å². The van der Waals surface area contributed by atoms with E-state index in [1.807, 2.05) is 30.5 Å². The van der Waals surface area contributed by atoms with E-state index in [-0.39, 0.29) is 16.8 Å². The average molecular weight is 423 g/mol. The second-order valence-corrected chi connectivity index (χ2v) is 8.13. The van der Waals surface area contributed by atoms with Gasteiger partial charge in [-0.2, -0.15) is 11.8 Å². The van der Waals surface area contributed by atoms with Crippen LogP contribution in [-0.2, 0) is 11.2 Å². The van der Waals surface area contributed by atoms with Crippen LogP contribution in [0.1, 0.15) is 22.3 Å². The van der Waals surface area contributed by atoms with Crippen LogP contribution < -0.4 is 10.2 Å². The second kappa shape index (κ2) is 9.00. The van der Waals surface area contributed by atoms with E-state index < -0.39 is 6.04 Å². The predicted molar refractivity (Wildman–Crippen MR) is 113 cm³/mol. The highest BCUT2D eigenvalue weighted by molar-refractivity contribution is 7.98. The second-order valence-electron chi connectivity index (χ2n) is 6.30. The Morgan fingerprint density at radius 2 is 2.00 bits per heavy atom. The third kappa shape index (κ3) is 4.60. The van der Waals surface area contributed by atoms with Crippen molar-refractivity contribution < 1.29 is 9.59 Å². The summed E-state index contributed by atoms with van der Waals surface area (Å²) in [6.45, 7) is 0.630. The van der Waals surface area contributed by atoms with Crippen molar-refractivity contribution in [1.29, 1.82) is 0 Å². The van der Waals surface area contributed by atoms with Crippen LogP contribution in [0.15, 0.2) is 42.5 Å². The Hall–Kier alpha value is -1.69. The Morgan fingerprint density at radius 3 is 2.74 bits per heavy atom. The molecule has 0 saturated carbocycles. The number of thioether (sulfide) groups is 1. The number of rotatable bonds is 6. The van der Waals surface area contributed by atoms with Crippen molar-refractivity contribution in [3.63, 3.8) is 0 Å². The minimum atomic E-state index is -0.608. The molecular weight excluding hydrogens is 403 g/mol. The maximum atomic E-state index is 13.2. The predicted octanol–water partition coefficient (Wildman–Crippen LogP) is 4.43. The van der Waals surface area contributed by atoms with Crippen LogP contribution in [0.5, 0.6) is 0 Å². The molecule has 1 aliphatic rings. The molecule has 1 atom stereocenters. The third-order valence-corrected chi connectivity index (χ3v) is 5.73. The number of carbonyl (C=O) groups is 2. The van der Waals surface area contributed by atoms with E-state index >= 15 is 0 Å². The van der Waals surface area contributed by atoms with Crippen molar-refractivity contribution >= 4 is 52.5 Å². The van der Waals surface area contributed by atoms with E-state index in [0.29, 0.717) is 23.6 Å². The topological polar surface area (TPSA) is 49.4 Å². The molecule has 27 heavy (non-hydrogen) atoms. The van der Waals surface area contributed by atoms with Crippen LogP contribution >= 0.6 is 35.0 Å². The van der Waals surface area contributed by atoms with Crippen LogP contribution in [0.25, 0.3) is 0 Å². The molecule has 142 valence electrons. The maximum Gasteiger partial charge on any atom is 0.253 e. The first-order valence-corrected chi connectivity index (χ1v) is 10.8. The van der Waals surface area contributed by atoms with Crippen LogP contribution in [0, 0.1) is 0 Å². The zero-order valence-electron chi connectivity index (χ0n) is 14.9. The molecule has 2 amide bonds. The Bertz CT molecular complexity index is 860. The number of nitrogens with zero attached hydrogens (tertiary/aromatic N) is 1. The average Bonchev–Trinajstić information content (AvgIpc) is 3.08. The molecule has 0 radical (unpaired) electrons. The fourth-order valence-electron chi connectivity index (χ4n) is 3.16. The Morgan fingerprint density at radius 1 is 1.22 bits per heavy atom. The van der Waals surface area contributed by atoms with Crippen LogP contribution in [0.4, 0.5) is 5.69 Å². The lowest BCUT2D eigenvalue weighted by Gasteiger charge is -2.25. The Kier molecular flexibility index (Phi) is 6.68.